The zero-order valence-corrected chi connectivity index (χ0v) is 11.7. The van der Waals surface area contributed by atoms with E-state index in [0.717, 1.165) is 13.0 Å². The van der Waals surface area contributed by atoms with Crippen LogP contribution in [0.3, 0.4) is 0 Å². The van der Waals surface area contributed by atoms with Crippen LogP contribution in [0.2, 0.25) is 0 Å². The lowest BCUT2D eigenvalue weighted by molar-refractivity contribution is -0.147. The fourth-order valence-corrected chi connectivity index (χ4v) is 1.72. The average Bonchev–Trinajstić information content (AvgIpc) is 2.38. The van der Waals surface area contributed by atoms with Gasteiger partial charge in [0.05, 0.1) is 13.2 Å². The van der Waals surface area contributed by atoms with E-state index in [1.807, 2.05) is 6.92 Å². The third-order valence-corrected chi connectivity index (χ3v) is 2.62. The molecule has 0 aromatic carbocycles. The van der Waals surface area contributed by atoms with E-state index < -0.39 is 6.10 Å². The Bertz CT molecular complexity index is 270. The molecule has 18 heavy (non-hydrogen) atoms. The molecule has 6 nitrogen and oxygen atoms in total. The van der Waals surface area contributed by atoms with Crippen molar-refractivity contribution in [1.29, 1.82) is 0 Å². The monoisotopic (exact) mass is 279 g/mol. The van der Waals surface area contributed by atoms with Crippen LogP contribution in [0, 0.1) is 0 Å². The first kappa shape index (κ1) is 17.2. The van der Waals surface area contributed by atoms with Crippen molar-refractivity contribution in [3.63, 3.8) is 0 Å². The van der Waals surface area contributed by atoms with E-state index in [1.54, 1.807) is 11.9 Å². The number of amides is 2. The highest BCUT2D eigenvalue weighted by Gasteiger charge is 2.27. The average molecular weight is 280 g/mol. The van der Waals surface area contributed by atoms with Gasteiger partial charge in [-0.3, -0.25) is 9.59 Å². The van der Waals surface area contributed by atoms with Gasteiger partial charge >= 0.3 is 0 Å². The topological polar surface area (TPSA) is 70.7 Å². The summed E-state index contributed by atoms with van der Waals surface area (Å²) >= 11 is 0. The van der Waals surface area contributed by atoms with Crippen LogP contribution in [-0.2, 0) is 14.3 Å². The summed E-state index contributed by atoms with van der Waals surface area (Å²) in [4.78, 5) is 25.0. The van der Waals surface area contributed by atoms with E-state index in [0.29, 0.717) is 19.7 Å². The van der Waals surface area contributed by atoms with Crippen molar-refractivity contribution in [2.75, 3.05) is 39.8 Å². The molecule has 1 saturated heterocycles. The maximum Gasteiger partial charge on any atom is 0.253 e. The third kappa shape index (κ3) is 5.20. The lowest BCUT2D eigenvalue weighted by Crippen LogP contribution is -2.51. The molecule has 106 valence electrons. The summed E-state index contributed by atoms with van der Waals surface area (Å²) in [5, 5.41) is 5.63. The van der Waals surface area contributed by atoms with Crippen molar-refractivity contribution in [3.8, 4) is 0 Å². The normalized spacial score (nSPS) is 18.7. The molecule has 1 heterocycles. The first-order valence-electron chi connectivity index (χ1n) is 6.00. The number of carbonyl (C=O) groups excluding carboxylic acids is 2. The minimum absolute atomic E-state index is 0. The first-order chi connectivity index (χ1) is 8.19. The number of morpholine rings is 1. The van der Waals surface area contributed by atoms with Gasteiger partial charge in [-0.1, -0.05) is 6.92 Å². The third-order valence-electron chi connectivity index (χ3n) is 2.62. The lowest BCUT2D eigenvalue weighted by atomic mass is 10.2. The van der Waals surface area contributed by atoms with Gasteiger partial charge in [-0.05, 0) is 6.42 Å². The second-order valence-corrected chi connectivity index (χ2v) is 4.00. The molecule has 1 aliphatic rings. The van der Waals surface area contributed by atoms with Crippen LogP contribution < -0.4 is 10.6 Å². The maximum absolute atomic E-state index is 12.1. The van der Waals surface area contributed by atoms with Gasteiger partial charge in [-0.15, -0.1) is 12.4 Å². The predicted octanol–water partition coefficient (Wildman–Crippen LogP) is -0.619. The Morgan fingerprint density at radius 1 is 1.50 bits per heavy atom. The molecular weight excluding hydrogens is 258 g/mol. The van der Waals surface area contributed by atoms with Gasteiger partial charge in [0.25, 0.3) is 5.91 Å². The van der Waals surface area contributed by atoms with Crippen LogP contribution in [-0.4, -0.2) is 62.7 Å². The van der Waals surface area contributed by atoms with E-state index >= 15 is 0 Å². The van der Waals surface area contributed by atoms with Crippen LogP contribution in [0.1, 0.15) is 13.3 Å². The van der Waals surface area contributed by atoms with Gasteiger partial charge in [-0.25, -0.2) is 0 Å². The molecule has 1 rings (SSSR count). The minimum atomic E-state index is -0.458. The molecule has 0 aliphatic carbocycles. The second kappa shape index (κ2) is 9.13. The summed E-state index contributed by atoms with van der Waals surface area (Å²) < 4.78 is 5.40. The number of ether oxygens (including phenoxy) is 1. The Hall–Kier alpha value is -0.850. The minimum Gasteiger partial charge on any atom is -0.366 e. The summed E-state index contributed by atoms with van der Waals surface area (Å²) in [7, 11) is 1.57. The number of halogens is 1. The standard InChI is InChI=1S/C11H21N3O3.ClH/c1-3-5-14(8-10(15)12-2)11(16)9-7-13-4-6-17-9;/h9,13H,3-8H2,1-2H3,(H,12,15);1H. The van der Waals surface area contributed by atoms with E-state index in [1.165, 1.54) is 0 Å². The fourth-order valence-electron chi connectivity index (χ4n) is 1.72. The molecule has 1 unspecified atom stereocenters. The van der Waals surface area contributed by atoms with Crippen LogP contribution in [0.5, 0.6) is 0 Å². The fraction of sp³-hybridized carbons (Fsp3) is 0.818. The quantitative estimate of drug-likeness (QED) is 0.704. The zero-order chi connectivity index (χ0) is 12.7. The summed E-state index contributed by atoms with van der Waals surface area (Å²) in [5.41, 5.74) is 0. The van der Waals surface area contributed by atoms with E-state index in [4.69, 9.17) is 4.74 Å². The number of hydrogen-bond acceptors (Lipinski definition) is 4. The van der Waals surface area contributed by atoms with Gasteiger partial charge in [0.15, 0.2) is 0 Å². The van der Waals surface area contributed by atoms with Crippen molar-refractivity contribution < 1.29 is 14.3 Å². The summed E-state index contributed by atoms with van der Waals surface area (Å²) in [6.45, 7) is 4.48. The van der Waals surface area contributed by atoms with Gasteiger partial charge in [0, 0.05) is 26.7 Å². The molecule has 1 atom stereocenters. The molecule has 0 aromatic rings. The number of nitrogens with one attached hydrogen (secondary N) is 2. The molecule has 1 aliphatic heterocycles. The summed E-state index contributed by atoms with van der Waals surface area (Å²) in [6, 6.07) is 0. The summed E-state index contributed by atoms with van der Waals surface area (Å²) in [6.07, 6.45) is 0.364. The number of carbonyl (C=O) groups is 2. The first-order valence-corrected chi connectivity index (χ1v) is 6.00. The van der Waals surface area contributed by atoms with Crippen LogP contribution >= 0.6 is 12.4 Å². The zero-order valence-electron chi connectivity index (χ0n) is 10.9. The largest absolute Gasteiger partial charge is 0.366 e. The van der Waals surface area contributed by atoms with Crippen molar-refractivity contribution in [2.45, 2.75) is 19.4 Å². The van der Waals surface area contributed by atoms with Gasteiger partial charge < -0.3 is 20.3 Å². The van der Waals surface area contributed by atoms with Crippen LogP contribution in [0.15, 0.2) is 0 Å². The number of hydrogen-bond donors (Lipinski definition) is 2. The van der Waals surface area contributed by atoms with Crippen molar-refractivity contribution in [3.05, 3.63) is 0 Å². The molecule has 0 aromatic heterocycles. The Kier molecular flexibility index (Phi) is 8.70. The molecule has 0 spiro atoms. The maximum atomic E-state index is 12.1. The lowest BCUT2D eigenvalue weighted by Gasteiger charge is -2.29. The molecular formula is C11H22ClN3O3. The van der Waals surface area contributed by atoms with Crippen molar-refractivity contribution in [1.82, 2.24) is 15.5 Å². The van der Waals surface area contributed by atoms with Crippen molar-refractivity contribution in [2.24, 2.45) is 0 Å². The number of nitrogens with zero attached hydrogens (tertiary/aromatic N) is 1. The van der Waals surface area contributed by atoms with Gasteiger partial charge in [0.1, 0.15) is 6.10 Å². The Morgan fingerprint density at radius 3 is 2.72 bits per heavy atom. The van der Waals surface area contributed by atoms with Crippen LogP contribution in [0.4, 0.5) is 0 Å². The Labute approximate surface area is 114 Å². The molecule has 0 radical (unpaired) electrons. The molecule has 2 amide bonds. The Balaban J connectivity index is 0.00000289. The van der Waals surface area contributed by atoms with E-state index in [9.17, 15) is 9.59 Å². The predicted molar refractivity (Wildman–Crippen MR) is 70.8 cm³/mol. The van der Waals surface area contributed by atoms with Gasteiger partial charge in [-0.2, -0.15) is 0 Å². The second-order valence-electron chi connectivity index (χ2n) is 4.00. The highest BCUT2D eigenvalue weighted by Crippen LogP contribution is 2.03. The smallest absolute Gasteiger partial charge is 0.253 e. The van der Waals surface area contributed by atoms with Gasteiger partial charge in [0.2, 0.25) is 5.91 Å². The Morgan fingerprint density at radius 2 is 2.22 bits per heavy atom. The molecule has 0 saturated carbocycles. The van der Waals surface area contributed by atoms with Crippen molar-refractivity contribution >= 4 is 24.2 Å². The van der Waals surface area contributed by atoms with E-state index in [2.05, 4.69) is 10.6 Å². The van der Waals surface area contributed by atoms with E-state index in [-0.39, 0.29) is 30.8 Å². The highest BCUT2D eigenvalue weighted by atomic mass is 35.5. The molecule has 2 N–H and O–H groups in total. The molecule has 7 heteroatoms. The molecule has 0 bridgehead atoms. The van der Waals surface area contributed by atoms with Crippen LogP contribution in [0.25, 0.3) is 0 Å². The number of likely N-dealkylation sites (N-methyl/N-ethyl adjacent to an activating group) is 1. The highest BCUT2D eigenvalue weighted by molar-refractivity contribution is 5.87. The summed E-state index contributed by atoms with van der Waals surface area (Å²) in [5.74, 6) is -0.266. The SMILES string of the molecule is CCCN(CC(=O)NC)C(=O)C1CNCCO1.Cl. The number of rotatable bonds is 5. The molecule has 1 fully saturated rings.